The molecule has 1 aromatic rings. The highest BCUT2D eigenvalue weighted by molar-refractivity contribution is 7.89. The van der Waals surface area contributed by atoms with Gasteiger partial charge in [0.25, 0.3) is 0 Å². The fourth-order valence-electron chi connectivity index (χ4n) is 3.06. The van der Waals surface area contributed by atoms with Crippen molar-refractivity contribution in [2.24, 2.45) is 11.1 Å². The van der Waals surface area contributed by atoms with Crippen LogP contribution in [0.4, 0.5) is 0 Å². The molecule has 124 valence electrons. The third kappa shape index (κ3) is 3.00. The monoisotopic (exact) mass is 326 g/mol. The van der Waals surface area contributed by atoms with Crippen molar-refractivity contribution >= 4 is 10.0 Å². The molecule has 1 atom stereocenters. The lowest BCUT2D eigenvalue weighted by atomic mass is 9.81. The van der Waals surface area contributed by atoms with Crippen molar-refractivity contribution in [1.29, 1.82) is 0 Å². The summed E-state index contributed by atoms with van der Waals surface area (Å²) in [6.45, 7) is 8.67. The van der Waals surface area contributed by atoms with Crippen LogP contribution in [0.5, 0.6) is 5.75 Å². The molecule has 0 aromatic heterocycles. The minimum Gasteiger partial charge on any atom is -0.496 e. The first-order valence-corrected chi connectivity index (χ1v) is 8.94. The van der Waals surface area contributed by atoms with Crippen LogP contribution < -0.4 is 10.5 Å². The number of rotatable bonds is 3. The number of aryl methyl sites for hydroxylation is 2. The van der Waals surface area contributed by atoms with Gasteiger partial charge in [0.15, 0.2) is 0 Å². The summed E-state index contributed by atoms with van der Waals surface area (Å²) in [4.78, 5) is 0.328. The molecule has 1 unspecified atom stereocenters. The van der Waals surface area contributed by atoms with E-state index in [2.05, 4.69) is 0 Å². The maximum atomic E-state index is 12.9. The Labute approximate surface area is 133 Å². The van der Waals surface area contributed by atoms with Crippen molar-refractivity contribution in [3.8, 4) is 5.75 Å². The molecule has 2 N–H and O–H groups in total. The standard InChI is InChI=1S/C16H26N2O3S/c1-11-8-13(9-12(2)15(11)21-5)22(19,20)18-7-6-14(17)16(3,4)10-18/h8-9,14H,6-7,10,17H2,1-5H3. The number of hydrogen-bond acceptors (Lipinski definition) is 4. The van der Waals surface area contributed by atoms with Crippen LogP contribution in [-0.4, -0.2) is 39.0 Å². The van der Waals surface area contributed by atoms with Crippen LogP contribution >= 0.6 is 0 Å². The Hall–Kier alpha value is -1.11. The molecule has 1 aromatic carbocycles. The maximum absolute atomic E-state index is 12.9. The van der Waals surface area contributed by atoms with Crippen LogP contribution in [0.25, 0.3) is 0 Å². The molecule has 0 amide bonds. The van der Waals surface area contributed by atoms with Crippen molar-refractivity contribution < 1.29 is 13.2 Å². The van der Waals surface area contributed by atoms with Crippen molar-refractivity contribution in [3.05, 3.63) is 23.3 Å². The lowest BCUT2D eigenvalue weighted by Crippen LogP contribution is -2.53. The predicted octanol–water partition coefficient (Wildman–Crippen LogP) is 2.06. The number of methoxy groups -OCH3 is 1. The van der Waals surface area contributed by atoms with E-state index in [9.17, 15) is 8.42 Å². The second-order valence-electron chi connectivity index (χ2n) is 6.81. The summed E-state index contributed by atoms with van der Waals surface area (Å²) in [6.07, 6.45) is 0.681. The van der Waals surface area contributed by atoms with E-state index in [1.54, 1.807) is 23.5 Å². The van der Waals surface area contributed by atoms with E-state index in [0.717, 1.165) is 16.9 Å². The number of sulfonamides is 1. The Morgan fingerprint density at radius 1 is 1.27 bits per heavy atom. The molecule has 5 nitrogen and oxygen atoms in total. The summed E-state index contributed by atoms with van der Waals surface area (Å²) in [5, 5.41) is 0. The lowest BCUT2D eigenvalue weighted by molar-refractivity contribution is 0.155. The summed E-state index contributed by atoms with van der Waals surface area (Å²) in [5.41, 5.74) is 7.54. The second-order valence-corrected chi connectivity index (χ2v) is 8.75. The Kier molecular flexibility index (Phi) is 4.57. The van der Waals surface area contributed by atoms with Crippen LogP contribution in [0.1, 0.15) is 31.4 Å². The normalized spacial score (nSPS) is 22.5. The van der Waals surface area contributed by atoms with E-state index in [-0.39, 0.29) is 11.5 Å². The Balaban J connectivity index is 2.39. The average molecular weight is 326 g/mol. The number of nitrogens with two attached hydrogens (primary N) is 1. The molecule has 1 fully saturated rings. The molecule has 1 saturated heterocycles. The van der Waals surface area contributed by atoms with Gasteiger partial charge < -0.3 is 10.5 Å². The first-order chi connectivity index (χ1) is 10.1. The predicted molar refractivity (Wildman–Crippen MR) is 87.6 cm³/mol. The third-order valence-electron chi connectivity index (χ3n) is 4.55. The molecule has 0 bridgehead atoms. The van der Waals surface area contributed by atoms with E-state index in [1.807, 2.05) is 27.7 Å². The van der Waals surface area contributed by atoms with Crippen molar-refractivity contribution in [1.82, 2.24) is 4.31 Å². The van der Waals surface area contributed by atoms with Crippen molar-refractivity contribution in [2.45, 2.75) is 45.1 Å². The van der Waals surface area contributed by atoms with Gasteiger partial charge in [0.2, 0.25) is 10.0 Å². The number of piperidine rings is 1. The van der Waals surface area contributed by atoms with E-state index >= 15 is 0 Å². The summed E-state index contributed by atoms with van der Waals surface area (Å²) in [6, 6.07) is 3.39. The first-order valence-electron chi connectivity index (χ1n) is 7.50. The van der Waals surface area contributed by atoms with Gasteiger partial charge in [-0.25, -0.2) is 8.42 Å². The van der Waals surface area contributed by atoms with Gasteiger partial charge in [0.05, 0.1) is 12.0 Å². The largest absolute Gasteiger partial charge is 0.496 e. The topological polar surface area (TPSA) is 72.6 Å². The number of nitrogens with zero attached hydrogens (tertiary/aromatic N) is 1. The summed E-state index contributed by atoms with van der Waals surface area (Å²) in [5.74, 6) is 0.736. The fourth-order valence-corrected chi connectivity index (χ4v) is 4.86. The summed E-state index contributed by atoms with van der Waals surface area (Å²) < 4.78 is 32.7. The number of hydrogen-bond donors (Lipinski definition) is 1. The van der Waals surface area contributed by atoms with Crippen LogP contribution in [0.2, 0.25) is 0 Å². The molecule has 1 aliphatic heterocycles. The van der Waals surface area contributed by atoms with Crippen LogP contribution in [0.3, 0.4) is 0 Å². The zero-order valence-corrected chi connectivity index (χ0v) is 14.8. The maximum Gasteiger partial charge on any atom is 0.243 e. The first kappa shape index (κ1) is 17.2. The Morgan fingerprint density at radius 2 is 1.82 bits per heavy atom. The Bertz CT molecular complexity index is 645. The fraction of sp³-hybridized carbons (Fsp3) is 0.625. The van der Waals surface area contributed by atoms with Crippen LogP contribution in [0.15, 0.2) is 17.0 Å². The van der Waals surface area contributed by atoms with Gasteiger partial charge >= 0.3 is 0 Å². The van der Waals surface area contributed by atoms with Crippen molar-refractivity contribution in [3.63, 3.8) is 0 Å². The highest BCUT2D eigenvalue weighted by Gasteiger charge is 2.39. The molecular formula is C16H26N2O3S. The molecule has 1 heterocycles. The van der Waals surface area contributed by atoms with Gasteiger partial charge in [-0.1, -0.05) is 13.8 Å². The van der Waals surface area contributed by atoms with Gasteiger partial charge in [-0.2, -0.15) is 4.31 Å². The van der Waals surface area contributed by atoms with Gasteiger partial charge in [-0.15, -0.1) is 0 Å². The molecule has 0 radical (unpaired) electrons. The SMILES string of the molecule is COc1c(C)cc(S(=O)(=O)N2CCC(N)C(C)(C)C2)cc1C. The Morgan fingerprint density at radius 3 is 2.27 bits per heavy atom. The zero-order valence-electron chi connectivity index (χ0n) is 14.0. The minimum absolute atomic E-state index is 0.0262. The van der Waals surface area contributed by atoms with Gasteiger partial charge in [-0.3, -0.25) is 0 Å². The number of ether oxygens (including phenoxy) is 1. The summed E-state index contributed by atoms with van der Waals surface area (Å²) in [7, 11) is -1.91. The molecule has 0 saturated carbocycles. The van der Waals surface area contributed by atoms with E-state index < -0.39 is 10.0 Å². The highest BCUT2D eigenvalue weighted by atomic mass is 32.2. The molecule has 1 aliphatic rings. The highest BCUT2D eigenvalue weighted by Crippen LogP contribution is 2.33. The molecule has 0 spiro atoms. The van der Waals surface area contributed by atoms with E-state index in [1.165, 1.54) is 0 Å². The average Bonchev–Trinajstić information content (AvgIpc) is 2.41. The smallest absolute Gasteiger partial charge is 0.243 e. The third-order valence-corrected chi connectivity index (χ3v) is 6.38. The minimum atomic E-state index is -3.50. The van der Waals surface area contributed by atoms with Gasteiger partial charge in [0, 0.05) is 19.1 Å². The molecule has 2 rings (SSSR count). The van der Waals surface area contributed by atoms with Crippen LogP contribution in [0, 0.1) is 19.3 Å². The van der Waals surface area contributed by atoms with Crippen LogP contribution in [-0.2, 0) is 10.0 Å². The van der Waals surface area contributed by atoms with E-state index in [0.29, 0.717) is 24.4 Å². The lowest BCUT2D eigenvalue weighted by Gasteiger charge is -2.41. The molecule has 22 heavy (non-hydrogen) atoms. The van der Waals surface area contributed by atoms with Gasteiger partial charge in [-0.05, 0) is 48.9 Å². The zero-order chi connectivity index (χ0) is 16.7. The summed E-state index contributed by atoms with van der Waals surface area (Å²) >= 11 is 0. The number of benzene rings is 1. The molecular weight excluding hydrogens is 300 g/mol. The molecule has 6 heteroatoms. The second kappa shape index (κ2) is 5.83. The van der Waals surface area contributed by atoms with Gasteiger partial charge in [0.1, 0.15) is 5.75 Å². The quantitative estimate of drug-likeness (QED) is 0.923. The van der Waals surface area contributed by atoms with Crippen molar-refractivity contribution in [2.75, 3.05) is 20.2 Å². The van der Waals surface area contributed by atoms with E-state index in [4.69, 9.17) is 10.5 Å². The molecule has 0 aliphatic carbocycles.